The van der Waals surface area contributed by atoms with E-state index in [1.165, 1.54) is 37.3 Å². The van der Waals surface area contributed by atoms with Crippen molar-refractivity contribution in [1.29, 1.82) is 0 Å². The molecule has 1 aliphatic rings. The minimum absolute atomic E-state index is 0.703. The van der Waals surface area contributed by atoms with Crippen molar-refractivity contribution < 1.29 is 0 Å². The van der Waals surface area contributed by atoms with Crippen LogP contribution < -0.4 is 5.32 Å². The zero-order chi connectivity index (χ0) is 15.4. The molecule has 4 nitrogen and oxygen atoms in total. The van der Waals surface area contributed by atoms with Crippen molar-refractivity contribution in [1.82, 2.24) is 19.8 Å². The molecule has 0 bridgehead atoms. The topological polar surface area (TPSA) is 33.1 Å². The standard InChI is InChI=1S/C18H28N4/c1-3-11-22-17-10-6-5-9-16(17)20-18(22)14-19-13-15-8-7-12-21(15)4-2/h5-6,9-10,15,19H,3-4,7-8,11-14H2,1-2H3. The number of nitrogens with zero attached hydrogens (tertiary/aromatic N) is 3. The number of aromatic nitrogens is 2. The van der Waals surface area contributed by atoms with E-state index in [1.807, 2.05) is 0 Å². The molecule has 2 heterocycles. The van der Waals surface area contributed by atoms with Crippen LogP contribution in [-0.2, 0) is 13.1 Å². The Morgan fingerprint density at radius 2 is 2.14 bits per heavy atom. The van der Waals surface area contributed by atoms with E-state index in [0.29, 0.717) is 6.04 Å². The second kappa shape index (κ2) is 7.25. The number of fused-ring (bicyclic) bond motifs is 1. The first kappa shape index (κ1) is 15.5. The molecule has 3 rings (SSSR count). The molecule has 0 spiro atoms. The Bertz CT molecular complexity index is 604. The molecule has 120 valence electrons. The highest BCUT2D eigenvalue weighted by molar-refractivity contribution is 5.75. The molecule has 22 heavy (non-hydrogen) atoms. The zero-order valence-electron chi connectivity index (χ0n) is 13.9. The summed E-state index contributed by atoms with van der Waals surface area (Å²) in [5.74, 6) is 1.17. The lowest BCUT2D eigenvalue weighted by atomic mass is 10.2. The van der Waals surface area contributed by atoms with Crippen LogP contribution in [0.5, 0.6) is 0 Å². The number of hydrogen-bond acceptors (Lipinski definition) is 3. The van der Waals surface area contributed by atoms with Crippen LogP contribution in [0.1, 0.15) is 38.9 Å². The van der Waals surface area contributed by atoms with E-state index in [-0.39, 0.29) is 0 Å². The fourth-order valence-electron chi connectivity index (χ4n) is 3.63. The third kappa shape index (κ3) is 3.18. The summed E-state index contributed by atoms with van der Waals surface area (Å²) in [5, 5.41) is 3.64. The minimum Gasteiger partial charge on any atom is -0.327 e. The maximum Gasteiger partial charge on any atom is 0.123 e. The van der Waals surface area contributed by atoms with Crippen molar-refractivity contribution in [3.05, 3.63) is 30.1 Å². The van der Waals surface area contributed by atoms with Gasteiger partial charge < -0.3 is 9.88 Å². The molecular weight excluding hydrogens is 272 g/mol. The van der Waals surface area contributed by atoms with Crippen LogP contribution in [0.15, 0.2) is 24.3 Å². The molecule has 1 N–H and O–H groups in total. The van der Waals surface area contributed by atoms with Gasteiger partial charge in [0.2, 0.25) is 0 Å². The first-order valence-electron chi connectivity index (χ1n) is 8.72. The highest BCUT2D eigenvalue weighted by Gasteiger charge is 2.22. The zero-order valence-corrected chi connectivity index (χ0v) is 13.9. The van der Waals surface area contributed by atoms with Crippen LogP contribution in [0, 0.1) is 0 Å². The Hall–Kier alpha value is -1.39. The van der Waals surface area contributed by atoms with E-state index in [2.05, 4.69) is 52.9 Å². The van der Waals surface area contributed by atoms with Crippen LogP contribution in [0.2, 0.25) is 0 Å². The molecule has 4 heteroatoms. The van der Waals surface area contributed by atoms with Gasteiger partial charge in [-0.3, -0.25) is 4.90 Å². The molecule has 1 aromatic heterocycles. The van der Waals surface area contributed by atoms with Crippen molar-refractivity contribution in [3.8, 4) is 0 Å². The lowest BCUT2D eigenvalue weighted by molar-refractivity contribution is 0.259. The summed E-state index contributed by atoms with van der Waals surface area (Å²) in [7, 11) is 0. The SMILES string of the molecule is CCCn1c(CNCC2CCCN2CC)nc2ccccc21. The van der Waals surface area contributed by atoms with E-state index in [0.717, 1.165) is 31.6 Å². The van der Waals surface area contributed by atoms with Gasteiger partial charge in [-0.1, -0.05) is 26.0 Å². The van der Waals surface area contributed by atoms with Gasteiger partial charge in [-0.25, -0.2) is 4.98 Å². The number of benzene rings is 1. The normalized spacial score (nSPS) is 19.3. The molecule has 0 aliphatic carbocycles. The van der Waals surface area contributed by atoms with Gasteiger partial charge in [0.15, 0.2) is 0 Å². The Balaban J connectivity index is 1.67. The summed E-state index contributed by atoms with van der Waals surface area (Å²) in [6.45, 7) is 9.90. The average molecular weight is 300 g/mol. The molecule has 1 unspecified atom stereocenters. The molecule has 1 aliphatic heterocycles. The number of likely N-dealkylation sites (N-methyl/N-ethyl adjacent to an activating group) is 1. The minimum atomic E-state index is 0.703. The van der Waals surface area contributed by atoms with Gasteiger partial charge in [0, 0.05) is 19.1 Å². The number of imidazole rings is 1. The van der Waals surface area contributed by atoms with E-state index >= 15 is 0 Å². The van der Waals surface area contributed by atoms with Crippen molar-refractivity contribution >= 4 is 11.0 Å². The molecule has 1 atom stereocenters. The van der Waals surface area contributed by atoms with Crippen molar-refractivity contribution in [2.24, 2.45) is 0 Å². The predicted molar refractivity (Wildman–Crippen MR) is 92.0 cm³/mol. The second-order valence-corrected chi connectivity index (χ2v) is 6.22. The van der Waals surface area contributed by atoms with Gasteiger partial charge in [-0.15, -0.1) is 0 Å². The second-order valence-electron chi connectivity index (χ2n) is 6.22. The third-order valence-electron chi connectivity index (χ3n) is 4.75. The van der Waals surface area contributed by atoms with Crippen LogP contribution in [0.25, 0.3) is 11.0 Å². The molecule has 1 fully saturated rings. The third-order valence-corrected chi connectivity index (χ3v) is 4.75. The summed E-state index contributed by atoms with van der Waals surface area (Å²) in [4.78, 5) is 7.41. The molecule has 0 saturated carbocycles. The number of rotatable bonds is 7. The van der Waals surface area contributed by atoms with Gasteiger partial charge >= 0.3 is 0 Å². The molecule has 2 aromatic rings. The highest BCUT2D eigenvalue weighted by atomic mass is 15.2. The molecular formula is C18H28N4. The quantitative estimate of drug-likeness (QED) is 0.853. The smallest absolute Gasteiger partial charge is 0.123 e. The number of nitrogens with one attached hydrogen (secondary N) is 1. The van der Waals surface area contributed by atoms with Crippen molar-refractivity contribution in [2.45, 2.75) is 52.2 Å². The van der Waals surface area contributed by atoms with Crippen LogP contribution in [0.3, 0.4) is 0 Å². The number of hydrogen-bond donors (Lipinski definition) is 1. The lowest BCUT2D eigenvalue weighted by Gasteiger charge is -2.23. The Kier molecular flexibility index (Phi) is 5.11. The maximum absolute atomic E-state index is 4.82. The summed E-state index contributed by atoms with van der Waals surface area (Å²) in [5.41, 5.74) is 2.38. The van der Waals surface area contributed by atoms with E-state index in [1.54, 1.807) is 0 Å². The van der Waals surface area contributed by atoms with Gasteiger partial charge in [0.05, 0.1) is 17.6 Å². The van der Waals surface area contributed by atoms with Crippen LogP contribution in [0.4, 0.5) is 0 Å². The Labute approximate surface area is 133 Å². The van der Waals surface area contributed by atoms with Crippen LogP contribution in [-0.4, -0.2) is 40.1 Å². The van der Waals surface area contributed by atoms with E-state index in [4.69, 9.17) is 4.98 Å². The predicted octanol–water partition coefficient (Wildman–Crippen LogP) is 3.02. The number of likely N-dealkylation sites (tertiary alicyclic amines) is 1. The highest BCUT2D eigenvalue weighted by Crippen LogP contribution is 2.18. The fourth-order valence-corrected chi connectivity index (χ4v) is 3.63. The molecule has 1 saturated heterocycles. The van der Waals surface area contributed by atoms with E-state index in [9.17, 15) is 0 Å². The molecule has 0 radical (unpaired) electrons. The Morgan fingerprint density at radius 3 is 2.95 bits per heavy atom. The largest absolute Gasteiger partial charge is 0.327 e. The van der Waals surface area contributed by atoms with Crippen LogP contribution >= 0.6 is 0 Å². The summed E-state index contributed by atoms with van der Waals surface area (Å²) in [6.07, 6.45) is 3.81. The fraction of sp³-hybridized carbons (Fsp3) is 0.611. The van der Waals surface area contributed by atoms with Gasteiger partial charge in [0.1, 0.15) is 5.82 Å². The van der Waals surface area contributed by atoms with Gasteiger partial charge in [-0.05, 0) is 44.5 Å². The van der Waals surface area contributed by atoms with Gasteiger partial charge in [0.25, 0.3) is 0 Å². The summed E-state index contributed by atoms with van der Waals surface area (Å²) >= 11 is 0. The number of aryl methyl sites for hydroxylation is 1. The van der Waals surface area contributed by atoms with E-state index < -0.39 is 0 Å². The molecule has 0 amide bonds. The summed E-state index contributed by atoms with van der Waals surface area (Å²) < 4.78 is 2.37. The first-order chi connectivity index (χ1) is 10.8. The Morgan fingerprint density at radius 1 is 1.27 bits per heavy atom. The van der Waals surface area contributed by atoms with Crippen molar-refractivity contribution in [3.63, 3.8) is 0 Å². The maximum atomic E-state index is 4.82. The number of para-hydroxylation sites is 2. The monoisotopic (exact) mass is 300 g/mol. The first-order valence-corrected chi connectivity index (χ1v) is 8.72. The summed E-state index contributed by atoms with van der Waals surface area (Å²) in [6, 6.07) is 9.16. The average Bonchev–Trinajstić information content (AvgIpc) is 3.13. The lowest BCUT2D eigenvalue weighted by Crippen LogP contribution is -2.37. The van der Waals surface area contributed by atoms with Gasteiger partial charge in [-0.2, -0.15) is 0 Å². The molecule has 1 aromatic carbocycles. The van der Waals surface area contributed by atoms with Crippen molar-refractivity contribution in [2.75, 3.05) is 19.6 Å².